The highest BCUT2D eigenvalue weighted by Gasteiger charge is 2.27. The molecule has 0 saturated carbocycles. The molecule has 1 amide bonds. The summed E-state index contributed by atoms with van der Waals surface area (Å²) in [7, 11) is 0. The monoisotopic (exact) mass is 459 g/mol. The Morgan fingerprint density at radius 3 is 2.62 bits per heavy atom. The molecular weight excluding hydrogens is 430 g/mol. The van der Waals surface area contributed by atoms with Crippen LogP contribution >= 0.6 is 0 Å². The lowest BCUT2D eigenvalue weighted by Gasteiger charge is -2.36. The van der Waals surface area contributed by atoms with Crippen LogP contribution in [0, 0.1) is 18.3 Å². The quantitative estimate of drug-likeness (QED) is 0.732. The minimum absolute atomic E-state index is 0.228. The number of anilines is 2. The van der Waals surface area contributed by atoms with Crippen LogP contribution in [0.1, 0.15) is 39.9 Å². The summed E-state index contributed by atoms with van der Waals surface area (Å²) in [4.78, 5) is 21.3. The molecule has 0 aromatic heterocycles. The van der Waals surface area contributed by atoms with Crippen molar-refractivity contribution in [1.29, 1.82) is 5.26 Å². The second-order valence-electron chi connectivity index (χ2n) is 8.78. The van der Waals surface area contributed by atoms with Crippen molar-refractivity contribution in [2.45, 2.75) is 19.8 Å². The number of amides is 1. The van der Waals surface area contributed by atoms with Gasteiger partial charge >= 0.3 is 0 Å². The number of hydrazine groups is 1. The van der Waals surface area contributed by atoms with E-state index in [1.807, 2.05) is 35.5 Å². The number of carbonyl (C=O) groups excluding carboxylic acids is 1. The summed E-state index contributed by atoms with van der Waals surface area (Å²) in [5.41, 5.74) is 5.68. The van der Waals surface area contributed by atoms with E-state index in [4.69, 9.17) is 9.57 Å². The van der Waals surface area contributed by atoms with Gasteiger partial charge in [0.25, 0.3) is 5.91 Å². The van der Waals surface area contributed by atoms with E-state index in [2.05, 4.69) is 34.3 Å². The van der Waals surface area contributed by atoms with Crippen LogP contribution in [-0.4, -0.2) is 62.1 Å². The fraction of sp³-hybridized carbons (Fsp3) is 0.385. The zero-order valence-electron chi connectivity index (χ0n) is 19.4. The molecule has 0 spiro atoms. The van der Waals surface area contributed by atoms with Crippen LogP contribution in [0.4, 0.5) is 11.4 Å². The summed E-state index contributed by atoms with van der Waals surface area (Å²) >= 11 is 0. The number of nitrogens with zero attached hydrogens (tertiary/aromatic N) is 4. The van der Waals surface area contributed by atoms with Gasteiger partial charge in [-0.1, -0.05) is 6.07 Å². The molecule has 3 heterocycles. The first-order valence-electron chi connectivity index (χ1n) is 11.8. The highest BCUT2D eigenvalue weighted by molar-refractivity contribution is 6.05. The van der Waals surface area contributed by atoms with Crippen molar-refractivity contribution in [3.05, 3.63) is 64.7 Å². The first kappa shape index (κ1) is 22.4. The third-order valence-corrected chi connectivity index (χ3v) is 6.48. The Morgan fingerprint density at radius 1 is 1.06 bits per heavy atom. The molecule has 176 valence electrons. The average molecular weight is 460 g/mol. The summed E-state index contributed by atoms with van der Waals surface area (Å²) < 4.78 is 5.47. The van der Waals surface area contributed by atoms with E-state index in [0.717, 1.165) is 61.5 Å². The average Bonchev–Trinajstić information content (AvgIpc) is 3.58. The number of ether oxygens (including phenoxy) is 1. The highest BCUT2D eigenvalue weighted by atomic mass is 16.7. The molecule has 1 N–H and O–H groups in total. The van der Waals surface area contributed by atoms with Crippen molar-refractivity contribution >= 4 is 23.0 Å². The van der Waals surface area contributed by atoms with Crippen LogP contribution in [0.3, 0.4) is 0 Å². The molecule has 5 rings (SSSR count). The van der Waals surface area contributed by atoms with Crippen molar-refractivity contribution in [1.82, 2.24) is 10.2 Å². The number of nitrogens with one attached hydrogen (secondary N) is 1. The van der Waals surface area contributed by atoms with Gasteiger partial charge in [-0.05, 0) is 61.7 Å². The Kier molecular flexibility index (Phi) is 6.50. The van der Waals surface area contributed by atoms with Gasteiger partial charge in [0.1, 0.15) is 0 Å². The van der Waals surface area contributed by atoms with Gasteiger partial charge in [0, 0.05) is 48.7 Å². The van der Waals surface area contributed by atoms with Gasteiger partial charge in [-0.15, -0.1) is 0 Å². The van der Waals surface area contributed by atoms with E-state index < -0.39 is 0 Å². The van der Waals surface area contributed by atoms with Gasteiger partial charge in [0.15, 0.2) is 0 Å². The molecule has 2 aromatic carbocycles. The van der Waals surface area contributed by atoms with Gasteiger partial charge in [0.2, 0.25) is 0 Å². The molecule has 0 bridgehead atoms. The third-order valence-electron chi connectivity index (χ3n) is 6.48. The number of aryl methyl sites for hydroxylation is 1. The van der Waals surface area contributed by atoms with Crippen molar-refractivity contribution < 1.29 is 14.4 Å². The number of carbonyl (C=O) groups is 1. The fourth-order valence-corrected chi connectivity index (χ4v) is 4.66. The summed E-state index contributed by atoms with van der Waals surface area (Å²) in [5.74, 6) is -0.228. The molecule has 0 unspecified atom stereocenters. The Balaban J connectivity index is 1.37. The number of morpholine rings is 1. The molecule has 8 heteroatoms. The summed E-state index contributed by atoms with van der Waals surface area (Å²) in [5, 5.41) is 16.5. The molecule has 8 nitrogen and oxygen atoms in total. The molecule has 0 atom stereocenters. The minimum atomic E-state index is -0.228. The Morgan fingerprint density at radius 2 is 1.85 bits per heavy atom. The predicted octanol–water partition coefficient (Wildman–Crippen LogP) is 3.55. The molecule has 3 aliphatic heterocycles. The SMILES string of the molecule is Cc1ccc(NC(=O)c2cc(C#N)cc(N3CCCC3)c2)cc1C1=CCON1N1CCOCC1. The fourth-order valence-electron chi connectivity index (χ4n) is 4.66. The van der Waals surface area contributed by atoms with Crippen LogP contribution in [0.2, 0.25) is 0 Å². The van der Waals surface area contributed by atoms with E-state index in [-0.39, 0.29) is 5.91 Å². The molecule has 0 aliphatic carbocycles. The zero-order valence-corrected chi connectivity index (χ0v) is 19.4. The molecule has 34 heavy (non-hydrogen) atoms. The molecule has 2 saturated heterocycles. The number of nitriles is 1. The minimum Gasteiger partial charge on any atom is -0.379 e. The van der Waals surface area contributed by atoms with Crippen LogP contribution in [0.25, 0.3) is 5.70 Å². The molecule has 2 fully saturated rings. The van der Waals surface area contributed by atoms with Crippen molar-refractivity contribution in [3.63, 3.8) is 0 Å². The first-order valence-corrected chi connectivity index (χ1v) is 11.8. The van der Waals surface area contributed by atoms with E-state index in [9.17, 15) is 10.1 Å². The summed E-state index contributed by atoms with van der Waals surface area (Å²) in [6, 6.07) is 13.5. The van der Waals surface area contributed by atoms with Crippen LogP contribution in [-0.2, 0) is 9.57 Å². The van der Waals surface area contributed by atoms with Crippen molar-refractivity contribution in [3.8, 4) is 6.07 Å². The standard InChI is InChI=1S/C26H29N5O3/c1-19-4-5-22(17-24(19)25-6-11-34-31(25)30-9-12-33-13-10-30)28-26(32)21-14-20(18-27)15-23(16-21)29-7-2-3-8-29/h4-6,14-17H,2-3,7-13H2,1H3,(H,28,32). The maximum absolute atomic E-state index is 13.2. The number of benzene rings is 2. The summed E-state index contributed by atoms with van der Waals surface area (Å²) in [6.45, 7) is 7.33. The maximum atomic E-state index is 13.2. The highest BCUT2D eigenvalue weighted by Crippen LogP contribution is 2.31. The smallest absolute Gasteiger partial charge is 0.255 e. The van der Waals surface area contributed by atoms with Crippen LogP contribution in [0.5, 0.6) is 0 Å². The lowest BCUT2D eigenvalue weighted by Crippen LogP contribution is -2.46. The topological polar surface area (TPSA) is 81.1 Å². The normalized spacial score (nSPS) is 18.6. The lowest BCUT2D eigenvalue weighted by molar-refractivity contribution is -0.238. The van der Waals surface area contributed by atoms with E-state index in [1.165, 1.54) is 0 Å². The lowest BCUT2D eigenvalue weighted by atomic mass is 10.0. The van der Waals surface area contributed by atoms with Crippen molar-refractivity contribution in [2.24, 2.45) is 0 Å². The molecule has 3 aliphatic rings. The van der Waals surface area contributed by atoms with Crippen LogP contribution in [0.15, 0.2) is 42.5 Å². The summed E-state index contributed by atoms with van der Waals surface area (Å²) in [6.07, 6.45) is 4.32. The van der Waals surface area contributed by atoms with Crippen molar-refractivity contribution in [2.75, 3.05) is 56.2 Å². The number of hydrogen-bond acceptors (Lipinski definition) is 7. The van der Waals surface area contributed by atoms with Gasteiger partial charge in [0.05, 0.1) is 37.2 Å². The van der Waals surface area contributed by atoms with Crippen LogP contribution < -0.4 is 10.2 Å². The van der Waals surface area contributed by atoms with Gasteiger partial charge in [-0.3, -0.25) is 9.63 Å². The number of hydrogen-bond donors (Lipinski definition) is 1. The van der Waals surface area contributed by atoms with E-state index in [0.29, 0.717) is 36.6 Å². The second-order valence-corrected chi connectivity index (χ2v) is 8.78. The van der Waals surface area contributed by atoms with Gasteiger partial charge < -0.3 is 15.0 Å². The predicted molar refractivity (Wildman–Crippen MR) is 130 cm³/mol. The van der Waals surface area contributed by atoms with E-state index in [1.54, 1.807) is 6.07 Å². The number of hydroxylamine groups is 1. The Labute approximate surface area is 199 Å². The molecule has 2 aromatic rings. The Bertz CT molecular complexity index is 1140. The zero-order chi connectivity index (χ0) is 23.5. The van der Waals surface area contributed by atoms with E-state index >= 15 is 0 Å². The first-order chi connectivity index (χ1) is 16.6. The van der Waals surface area contributed by atoms with Gasteiger partial charge in [-0.25, -0.2) is 0 Å². The Hall–Kier alpha value is -3.38. The third kappa shape index (κ3) is 4.64. The largest absolute Gasteiger partial charge is 0.379 e. The maximum Gasteiger partial charge on any atom is 0.255 e. The molecular formula is C26H29N5O3. The van der Waals surface area contributed by atoms with Gasteiger partial charge in [-0.2, -0.15) is 15.4 Å². The number of rotatable bonds is 5. The second kappa shape index (κ2) is 9.85. The molecule has 0 radical (unpaired) electrons.